The summed E-state index contributed by atoms with van der Waals surface area (Å²) in [4.78, 5) is 0. The molecule has 0 fully saturated rings. The normalized spacial score (nSPS) is 21.5. The van der Waals surface area contributed by atoms with E-state index in [-0.39, 0.29) is 5.70 Å². The minimum Gasteiger partial charge on any atom is -0.399 e. The number of allylic oxidation sites excluding steroid dienone is 2. The Kier molecular flexibility index (Phi) is 3.78. The van der Waals surface area contributed by atoms with Gasteiger partial charge in [-0.15, -0.1) is 0 Å². The Bertz CT molecular complexity index is 894. The lowest BCUT2D eigenvalue weighted by molar-refractivity contribution is 0.475. The average Bonchev–Trinajstić information content (AvgIpc) is 2.91. The minimum absolute atomic E-state index is 0.0673. The zero-order valence-corrected chi connectivity index (χ0v) is 12.8. The van der Waals surface area contributed by atoms with Gasteiger partial charge in [-0.25, -0.2) is 0 Å². The molecule has 0 saturated heterocycles. The van der Waals surface area contributed by atoms with E-state index in [1.807, 2.05) is 60.7 Å². The molecule has 2 aromatic carbocycles. The summed E-state index contributed by atoms with van der Waals surface area (Å²) in [5.41, 5.74) is 6.68. The van der Waals surface area contributed by atoms with Crippen molar-refractivity contribution in [1.29, 1.82) is 15.8 Å². The second-order valence-electron chi connectivity index (χ2n) is 5.75. The number of hydrogen-bond donors (Lipinski definition) is 1. The van der Waals surface area contributed by atoms with Crippen LogP contribution in [0.5, 0.6) is 0 Å². The summed E-state index contributed by atoms with van der Waals surface area (Å²) >= 11 is 0. The molecule has 114 valence electrons. The molecule has 1 aliphatic carbocycles. The van der Waals surface area contributed by atoms with Gasteiger partial charge in [-0.05, 0) is 11.1 Å². The van der Waals surface area contributed by atoms with Gasteiger partial charge in [-0.3, -0.25) is 0 Å². The van der Waals surface area contributed by atoms with Crippen LogP contribution in [-0.4, -0.2) is 0 Å². The van der Waals surface area contributed by atoms with Gasteiger partial charge in [-0.1, -0.05) is 60.7 Å². The summed E-state index contributed by atoms with van der Waals surface area (Å²) in [6.45, 7) is 0. The Morgan fingerprint density at radius 2 is 1.29 bits per heavy atom. The first-order valence-electron chi connectivity index (χ1n) is 7.52. The summed E-state index contributed by atoms with van der Waals surface area (Å²) in [6, 6.07) is 25.1. The highest BCUT2D eigenvalue weighted by Crippen LogP contribution is 2.57. The van der Waals surface area contributed by atoms with Gasteiger partial charge < -0.3 is 5.73 Å². The van der Waals surface area contributed by atoms with Crippen LogP contribution in [0.3, 0.4) is 0 Å². The number of nitrogens with zero attached hydrogens (tertiary/aromatic N) is 3. The molecule has 2 N–H and O–H groups in total. The van der Waals surface area contributed by atoms with Crippen LogP contribution in [0.4, 0.5) is 0 Å². The van der Waals surface area contributed by atoms with E-state index in [0.29, 0.717) is 5.57 Å². The van der Waals surface area contributed by atoms with Gasteiger partial charge in [0.1, 0.15) is 0 Å². The molecule has 0 amide bonds. The summed E-state index contributed by atoms with van der Waals surface area (Å²) < 4.78 is 0. The van der Waals surface area contributed by atoms with Gasteiger partial charge in [-0.2, -0.15) is 15.8 Å². The van der Waals surface area contributed by atoms with Crippen molar-refractivity contribution in [2.45, 2.75) is 11.8 Å². The van der Waals surface area contributed by atoms with Crippen molar-refractivity contribution in [3.05, 3.63) is 83.1 Å². The first-order valence-corrected chi connectivity index (χ1v) is 7.52. The van der Waals surface area contributed by atoms with Gasteiger partial charge in [0.2, 0.25) is 0 Å². The predicted molar refractivity (Wildman–Crippen MR) is 88.9 cm³/mol. The van der Waals surface area contributed by atoms with Crippen LogP contribution >= 0.6 is 0 Å². The third-order valence-corrected chi connectivity index (χ3v) is 4.62. The SMILES string of the molecule is N#CC1=C(N)C(C#N)(C#N)[C@H](c2ccccc2)[C@H]1c1ccccc1. The monoisotopic (exact) mass is 310 g/mol. The maximum absolute atomic E-state index is 9.80. The molecule has 1 aliphatic rings. The van der Waals surface area contributed by atoms with Gasteiger partial charge in [0, 0.05) is 11.8 Å². The van der Waals surface area contributed by atoms with E-state index in [1.165, 1.54) is 0 Å². The molecule has 0 bridgehead atoms. The molecule has 0 aliphatic heterocycles. The van der Waals surface area contributed by atoms with Crippen LogP contribution < -0.4 is 5.73 Å². The zero-order valence-electron chi connectivity index (χ0n) is 12.8. The van der Waals surface area contributed by atoms with Crippen molar-refractivity contribution in [3.63, 3.8) is 0 Å². The number of nitrogens with two attached hydrogens (primary N) is 1. The van der Waals surface area contributed by atoms with E-state index in [2.05, 4.69) is 18.2 Å². The lowest BCUT2D eigenvalue weighted by Crippen LogP contribution is -2.29. The van der Waals surface area contributed by atoms with Crippen LogP contribution in [0.25, 0.3) is 0 Å². The summed E-state index contributed by atoms with van der Waals surface area (Å²) in [7, 11) is 0. The topological polar surface area (TPSA) is 97.4 Å². The Morgan fingerprint density at radius 1 is 0.792 bits per heavy atom. The quantitative estimate of drug-likeness (QED) is 0.919. The maximum atomic E-state index is 9.80. The van der Waals surface area contributed by atoms with Crippen LogP contribution in [0.15, 0.2) is 71.9 Å². The molecule has 0 radical (unpaired) electrons. The van der Waals surface area contributed by atoms with Crippen molar-refractivity contribution in [2.75, 3.05) is 0 Å². The lowest BCUT2D eigenvalue weighted by atomic mass is 9.70. The van der Waals surface area contributed by atoms with Crippen molar-refractivity contribution < 1.29 is 0 Å². The van der Waals surface area contributed by atoms with E-state index in [1.54, 1.807) is 0 Å². The highest BCUT2D eigenvalue weighted by molar-refractivity contribution is 5.58. The molecule has 2 atom stereocenters. The standard InChI is InChI=1S/C20H14N4/c21-11-16-17(14-7-3-1-4-8-14)18(15-9-5-2-6-10-15)20(12-22,13-23)19(16)24/h1-10,17-18H,24H2/t17-,18+/m0/s1. The molecule has 0 saturated carbocycles. The predicted octanol–water partition coefficient (Wildman–Crippen LogP) is 3.34. The fraction of sp³-hybridized carbons (Fsp3) is 0.150. The van der Waals surface area contributed by atoms with Crippen LogP contribution in [0.2, 0.25) is 0 Å². The molecule has 0 spiro atoms. The molecule has 24 heavy (non-hydrogen) atoms. The molecule has 3 rings (SSSR count). The van der Waals surface area contributed by atoms with E-state index in [9.17, 15) is 15.8 Å². The van der Waals surface area contributed by atoms with Crippen LogP contribution in [0.1, 0.15) is 23.0 Å². The molecular weight excluding hydrogens is 296 g/mol. The summed E-state index contributed by atoms with van der Waals surface area (Å²) in [5.74, 6) is -0.941. The average molecular weight is 310 g/mol. The third kappa shape index (κ3) is 2.04. The molecule has 0 heterocycles. The minimum atomic E-state index is -1.55. The summed E-state index contributed by atoms with van der Waals surface area (Å²) in [5, 5.41) is 29.3. The van der Waals surface area contributed by atoms with Crippen LogP contribution in [0, 0.1) is 39.4 Å². The van der Waals surface area contributed by atoms with Crippen LogP contribution in [-0.2, 0) is 0 Å². The van der Waals surface area contributed by atoms with Crippen molar-refractivity contribution in [3.8, 4) is 18.2 Å². The Hall–Kier alpha value is -3.55. The molecule has 4 nitrogen and oxygen atoms in total. The third-order valence-electron chi connectivity index (χ3n) is 4.62. The highest BCUT2D eigenvalue weighted by Gasteiger charge is 2.55. The van der Waals surface area contributed by atoms with Gasteiger partial charge in [0.25, 0.3) is 0 Å². The fourth-order valence-corrected chi connectivity index (χ4v) is 3.50. The second kappa shape index (κ2) is 5.92. The van der Waals surface area contributed by atoms with Gasteiger partial charge >= 0.3 is 0 Å². The van der Waals surface area contributed by atoms with Crippen molar-refractivity contribution in [2.24, 2.45) is 11.1 Å². The lowest BCUT2D eigenvalue weighted by Gasteiger charge is -2.28. The first kappa shape index (κ1) is 15.3. The summed E-state index contributed by atoms with van der Waals surface area (Å²) in [6.07, 6.45) is 0. The van der Waals surface area contributed by atoms with Gasteiger partial charge in [0.15, 0.2) is 5.41 Å². The molecule has 0 aromatic heterocycles. The number of rotatable bonds is 2. The fourth-order valence-electron chi connectivity index (χ4n) is 3.50. The van der Waals surface area contributed by atoms with Crippen molar-refractivity contribution >= 4 is 0 Å². The molecule has 4 heteroatoms. The van der Waals surface area contributed by atoms with E-state index in [4.69, 9.17) is 5.73 Å². The largest absolute Gasteiger partial charge is 0.399 e. The Morgan fingerprint density at radius 3 is 1.75 bits per heavy atom. The molecule has 2 aromatic rings. The molecule has 0 unspecified atom stereocenters. The first-order chi connectivity index (χ1) is 11.7. The van der Waals surface area contributed by atoms with Gasteiger partial charge in [0.05, 0.1) is 29.5 Å². The van der Waals surface area contributed by atoms with E-state index in [0.717, 1.165) is 11.1 Å². The zero-order chi connectivity index (χ0) is 17.2. The number of hydrogen-bond acceptors (Lipinski definition) is 4. The Balaban J connectivity index is 2.31. The highest BCUT2D eigenvalue weighted by atomic mass is 14.7. The maximum Gasteiger partial charge on any atom is 0.191 e. The molecular formula is C20H14N4. The number of benzene rings is 2. The van der Waals surface area contributed by atoms with E-state index < -0.39 is 17.3 Å². The Labute approximate surface area is 140 Å². The van der Waals surface area contributed by atoms with Crippen molar-refractivity contribution in [1.82, 2.24) is 0 Å². The van der Waals surface area contributed by atoms with E-state index >= 15 is 0 Å². The second-order valence-corrected chi connectivity index (χ2v) is 5.75. The number of nitriles is 3. The smallest absolute Gasteiger partial charge is 0.191 e.